The molecule has 0 aromatic carbocycles. The van der Waals surface area contributed by atoms with Gasteiger partial charge in [0.15, 0.2) is 0 Å². The van der Waals surface area contributed by atoms with Crippen molar-refractivity contribution in [1.29, 1.82) is 0 Å². The lowest BCUT2D eigenvalue weighted by Gasteiger charge is -2.07. The predicted molar refractivity (Wildman–Crippen MR) is 66.9 cm³/mol. The number of ether oxygens (including phenoxy) is 2. The van der Waals surface area contributed by atoms with Crippen molar-refractivity contribution in [2.75, 3.05) is 19.8 Å². The second-order valence-electron chi connectivity index (χ2n) is 3.84. The van der Waals surface area contributed by atoms with Gasteiger partial charge in [0.05, 0.1) is 30.8 Å². The zero-order valence-corrected chi connectivity index (χ0v) is 10.5. The number of aliphatic hydroxyl groups excluding tert-OH is 1. The summed E-state index contributed by atoms with van der Waals surface area (Å²) in [5.41, 5.74) is 0. The number of hydrogen-bond donors (Lipinski definition) is 1. The highest BCUT2D eigenvalue weighted by Gasteiger charge is 2.15. The van der Waals surface area contributed by atoms with Gasteiger partial charge >= 0.3 is 0 Å². The normalized spacial score (nSPS) is 19.0. The van der Waals surface area contributed by atoms with E-state index in [9.17, 15) is 0 Å². The highest BCUT2D eigenvalue weighted by molar-refractivity contribution is 7.12. The topological polar surface area (TPSA) is 38.7 Å². The van der Waals surface area contributed by atoms with Crippen LogP contribution in [0, 0.1) is 11.8 Å². The Hall–Kier alpha value is -0.860. The Morgan fingerprint density at radius 1 is 1.53 bits per heavy atom. The summed E-state index contributed by atoms with van der Waals surface area (Å²) in [6.07, 6.45) is 1.78. The van der Waals surface area contributed by atoms with E-state index in [2.05, 4.69) is 11.8 Å². The summed E-state index contributed by atoms with van der Waals surface area (Å²) in [5.74, 6) is 5.93. The molecule has 2 heterocycles. The highest BCUT2D eigenvalue weighted by atomic mass is 32.1. The standard InChI is InChI=1S/C13H16O3S/c14-7-2-1-3-12-4-5-13(17-12)10-16-11-6-8-15-9-11/h4-5,11,14H,2,6-10H2. The zero-order chi connectivity index (χ0) is 11.9. The minimum Gasteiger partial charge on any atom is -0.395 e. The maximum Gasteiger partial charge on any atom is 0.0835 e. The SMILES string of the molecule is OCCC#Cc1ccc(COC2CCOC2)s1. The molecule has 1 aliphatic rings. The molecule has 0 bridgehead atoms. The van der Waals surface area contributed by atoms with Crippen LogP contribution in [0.15, 0.2) is 12.1 Å². The van der Waals surface area contributed by atoms with Crippen molar-refractivity contribution >= 4 is 11.3 Å². The van der Waals surface area contributed by atoms with Gasteiger partial charge in [-0.25, -0.2) is 0 Å². The van der Waals surface area contributed by atoms with Crippen molar-refractivity contribution in [3.8, 4) is 11.8 Å². The van der Waals surface area contributed by atoms with Crippen LogP contribution in [0.4, 0.5) is 0 Å². The molecule has 1 fully saturated rings. The number of aliphatic hydroxyl groups is 1. The third kappa shape index (κ3) is 4.14. The molecule has 1 saturated heterocycles. The maximum atomic E-state index is 8.62. The Labute approximate surface area is 105 Å². The van der Waals surface area contributed by atoms with Crippen molar-refractivity contribution in [3.05, 3.63) is 21.9 Å². The second kappa shape index (κ2) is 6.77. The van der Waals surface area contributed by atoms with Gasteiger partial charge in [0.1, 0.15) is 0 Å². The van der Waals surface area contributed by atoms with Crippen molar-refractivity contribution in [2.24, 2.45) is 0 Å². The summed E-state index contributed by atoms with van der Waals surface area (Å²) in [6.45, 7) is 2.29. The van der Waals surface area contributed by atoms with Crippen LogP contribution in [0.2, 0.25) is 0 Å². The van der Waals surface area contributed by atoms with E-state index in [4.69, 9.17) is 14.6 Å². The van der Waals surface area contributed by atoms with E-state index in [1.165, 1.54) is 4.88 Å². The molecule has 1 aromatic heterocycles. The molecular formula is C13H16O3S. The molecule has 4 heteroatoms. The first kappa shape index (κ1) is 12.6. The molecule has 0 amide bonds. The molecule has 1 atom stereocenters. The van der Waals surface area contributed by atoms with Crippen LogP contribution < -0.4 is 0 Å². The fraction of sp³-hybridized carbons (Fsp3) is 0.538. The molecule has 2 rings (SSSR count). The third-order valence-corrected chi connectivity index (χ3v) is 3.43. The summed E-state index contributed by atoms with van der Waals surface area (Å²) in [7, 11) is 0. The summed E-state index contributed by atoms with van der Waals surface area (Å²) in [6, 6.07) is 4.04. The van der Waals surface area contributed by atoms with Crippen molar-refractivity contribution in [1.82, 2.24) is 0 Å². The van der Waals surface area contributed by atoms with Gasteiger partial charge in [0.2, 0.25) is 0 Å². The van der Waals surface area contributed by atoms with Gasteiger partial charge in [-0.2, -0.15) is 0 Å². The lowest BCUT2D eigenvalue weighted by Crippen LogP contribution is -2.11. The Balaban J connectivity index is 1.79. The fourth-order valence-corrected chi connectivity index (χ4v) is 2.38. The molecule has 0 aliphatic carbocycles. The van der Waals surface area contributed by atoms with Crippen LogP contribution in [0.25, 0.3) is 0 Å². The van der Waals surface area contributed by atoms with Gasteiger partial charge in [0.25, 0.3) is 0 Å². The Morgan fingerprint density at radius 2 is 2.47 bits per heavy atom. The highest BCUT2D eigenvalue weighted by Crippen LogP contribution is 2.18. The van der Waals surface area contributed by atoms with Gasteiger partial charge in [0, 0.05) is 17.9 Å². The minimum atomic E-state index is 0.121. The van der Waals surface area contributed by atoms with Crippen LogP contribution in [0.3, 0.4) is 0 Å². The second-order valence-corrected chi connectivity index (χ2v) is 5.01. The molecular weight excluding hydrogens is 236 g/mol. The van der Waals surface area contributed by atoms with Crippen LogP contribution in [0.5, 0.6) is 0 Å². The Morgan fingerprint density at radius 3 is 3.24 bits per heavy atom. The monoisotopic (exact) mass is 252 g/mol. The van der Waals surface area contributed by atoms with Crippen LogP contribution >= 0.6 is 11.3 Å². The van der Waals surface area contributed by atoms with E-state index < -0.39 is 0 Å². The molecule has 0 spiro atoms. The van der Waals surface area contributed by atoms with Crippen molar-refractivity contribution in [3.63, 3.8) is 0 Å². The minimum absolute atomic E-state index is 0.121. The van der Waals surface area contributed by atoms with E-state index in [1.54, 1.807) is 11.3 Å². The zero-order valence-electron chi connectivity index (χ0n) is 9.65. The predicted octanol–water partition coefficient (Wildman–Crippen LogP) is 1.79. The summed E-state index contributed by atoms with van der Waals surface area (Å²) in [4.78, 5) is 2.21. The van der Waals surface area contributed by atoms with Gasteiger partial charge in [-0.3, -0.25) is 0 Å². The average molecular weight is 252 g/mol. The Bertz CT molecular complexity index is 396. The van der Waals surface area contributed by atoms with E-state index in [-0.39, 0.29) is 12.7 Å². The Kier molecular flexibility index (Phi) is 5.02. The molecule has 3 nitrogen and oxygen atoms in total. The molecule has 0 saturated carbocycles. The van der Waals surface area contributed by atoms with Crippen LogP contribution in [0.1, 0.15) is 22.6 Å². The maximum absolute atomic E-state index is 8.62. The van der Waals surface area contributed by atoms with Gasteiger partial charge in [-0.05, 0) is 18.6 Å². The van der Waals surface area contributed by atoms with E-state index in [1.807, 2.05) is 12.1 Å². The van der Waals surface area contributed by atoms with Gasteiger partial charge in [-0.15, -0.1) is 11.3 Å². The summed E-state index contributed by atoms with van der Waals surface area (Å²) >= 11 is 1.65. The van der Waals surface area contributed by atoms with E-state index in [0.717, 1.165) is 17.9 Å². The molecule has 1 aromatic rings. The molecule has 17 heavy (non-hydrogen) atoms. The van der Waals surface area contributed by atoms with Crippen LogP contribution in [-0.2, 0) is 16.1 Å². The molecule has 1 N–H and O–H groups in total. The van der Waals surface area contributed by atoms with Gasteiger partial charge < -0.3 is 14.6 Å². The molecule has 1 unspecified atom stereocenters. The lowest BCUT2D eigenvalue weighted by molar-refractivity contribution is 0.0331. The van der Waals surface area contributed by atoms with Crippen molar-refractivity contribution in [2.45, 2.75) is 25.6 Å². The molecule has 1 aliphatic heterocycles. The molecule has 0 radical (unpaired) electrons. The van der Waals surface area contributed by atoms with Gasteiger partial charge in [-0.1, -0.05) is 11.8 Å². The lowest BCUT2D eigenvalue weighted by atomic mass is 10.3. The smallest absolute Gasteiger partial charge is 0.0835 e. The first-order valence-corrected chi connectivity index (χ1v) is 6.58. The average Bonchev–Trinajstić information content (AvgIpc) is 2.98. The van der Waals surface area contributed by atoms with E-state index in [0.29, 0.717) is 19.6 Å². The quantitative estimate of drug-likeness (QED) is 0.830. The summed E-state index contributed by atoms with van der Waals surface area (Å²) in [5, 5.41) is 8.62. The van der Waals surface area contributed by atoms with Crippen LogP contribution in [-0.4, -0.2) is 31.0 Å². The first-order chi connectivity index (χ1) is 8.38. The van der Waals surface area contributed by atoms with Crippen molar-refractivity contribution < 1.29 is 14.6 Å². The largest absolute Gasteiger partial charge is 0.395 e. The first-order valence-electron chi connectivity index (χ1n) is 5.76. The van der Waals surface area contributed by atoms with E-state index >= 15 is 0 Å². The fourth-order valence-electron chi connectivity index (χ4n) is 1.57. The summed E-state index contributed by atoms with van der Waals surface area (Å²) < 4.78 is 11.0. The molecule has 92 valence electrons. The number of rotatable bonds is 4. The number of thiophene rings is 1. The third-order valence-electron chi connectivity index (χ3n) is 2.46. The number of hydrogen-bond acceptors (Lipinski definition) is 4.